The maximum absolute atomic E-state index is 9.07. The van der Waals surface area contributed by atoms with Crippen molar-refractivity contribution in [3.05, 3.63) is 45.9 Å². The van der Waals surface area contributed by atoms with Gasteiger partial charge < -0.3 is 9.84 Å². The lowest BCUT2D eigenvalue weighted by Crippen LogP contribution is -2.11. The van der Waals surface area contributed by atoms with Crippen molar-refractivity contribution in [1.29, 1.82) is 0 Å². The molecule has 19 heavy (non-hydrogen) atoms. The van der Waals surface area contributed by atoms with Gasteiger partial charge in [-0.3, -0.25) is 0 Å². The summed E-state index contributed by atoms with van der Waals surface area (Å²) in [7, 11) is 0. The molecule has 0 bridgehead atoms. The van der Waals surface area contributed by atoms with Crippen molar-refractivity contribution in [2.24, 2.45) is 0 Å². The summed E-state index contributed by atoms with van der Waals surface area (Å²) < 4.78 is 5.70. The van der Waals surface area contributed by atoms with E-state index in [1.54, 1.807) is 11.3 Å². The third-order valence-corrected chi connectivity index (χ3v) is 3.59. The molecule has 0 atom stereocenters. The van der Waals surface area contributed by atoms with Gasteiger partial charge in [0.05, 0.1) is 12.3 Å². The lowest BCUT2D eigenvalue weighted by atomic mass is 9.93. The van der Waals surface area contributed by atoms with E-state index in [1.165, 1.54) is 0 Å². The quantitative estimate of drug-likeness (QED) is 0.930. The number of thiazole rings is 1. The van der Waals surface area contributed by atoms with Crippen molar-refractivity contribution in [3.63, 3.8) is 0 Å². The fourth-order valence-corrected chi connectivity index (χ4v) is 2.53. The van der Waals surface area contributed by atoms with Gasteiger partial charge in [0.25, 0.3) is 0 Å². The van der Waals surface area contributed by atoms with Crippen LogP contribution in [0.2, 0.25) is 0 Å². The molecule has 1 heterocycles. The molecule has 0 radical (unpaired) electrons. The van der Waals surface area contributed by atoms with Crippen molar-refractivity contribution >= 4 is 11.3 Å². The Morgan fingerprint density at radius 1 is 1.32 bits per heavy atom. The molecule has 2 aromatic rings. The average molecular weight is 277 g/mol. The lowest BCUT2D eigenvalue weighted by molar-refractivity contribution is 0.278. The number of aliphatic hydroxyl groups excluding tert-OH is 1. The first-order valence-electron chi connectivity index (χ1n) is 6.26. The monoisotopic (exact) mass is 277 g/mol. The van der Waals surface area contributed by atoms with Gasteiger partial charge in [-0.15, -0.1) is 11.3 Å². The van der Waals surface area contributed by atoms with Gasteiger partial charge >= 0.3 is 0 Å². The van der Waals surface area contributed by atoms with E-state index in [-0.39, 0.29) is 12.0 Å². The first kappa shape index (κ1) is 14.0. The second kappa shape index (κ2) is 5.72. The van der Waals surface area contributed by atoms with Crippen LogP contribution in [0.15, 0.2) is 29.6 Å². The van der Waals surface area contributed by atoms with Crippen LogP contribution in [0.5, 0.6) is 5.75 Å². The molecule has 0 unspecified atom stereocenters. The zero-order chi connectivity index (χ0) is 13.9. The topological polar surface area (TPSA) is 42.4 Å². The molecular formula is C15H19NO2S. The minimum Gasteiger partial charge on any atom is -0.486 e. The standard InChI is InChI=1S/C15H19NO2S/c1-15(2,3)13-10-19-14(16-13)9-18-12-6-4-5-11(7-12)8-17/h4-7,10,17H,8-9H2,1-3H3. The molecule has 0 saturated carbocycles. The van der Waals surface area contributed by atoms with Gasteiger partial charge in [-0.2, -0.15) is 0 Å². The van der Waals surface area contributed by atoms with E-state index in [4.69, 9.17) is 9.84 Å². The molecule has 2 rings (SSSR count). The molecule has 102 valence electrons. The van der Waals surface area contributed by atoms with Gasteiger partial charge in [-0.1, -0.05) is 32.9 Å². The first-order chi connectivity index (χ1) is 8.99. The van der Waals surface area contributed by atoms with E-state index in [9.17, 15) is 0 Å². The summed E-state index contributed by atoms with van der Waals surface area (Å²) in [5.74, 6) is 0.763. The molecule has 0 aliphatic carbocycles. The second-order valence-electron chi connectivity index (χ2n) is 5.47. The highest BCUT2D eigenvalue weighted by Crippen LogP contribution is 2.24. The predicted octanol–water partition coefficient (Wildman–Crippen LogP) is 3.51. The fourth-order valence-electron chi connectivity index (χ4n) is 1.60. The zero-order valence-electron chi connectivity index (χ0n) is 11.5. The van der Waals surface area contributed by atoms with Gasteiger partial charge in [0.2, 0.25) is 0 Å². The van der Waals surface area contributed by atoms with Crippen LogP contribution in [-0.2, 0) is 18.6 Å². The SMILES string of the molecule is CC(C)(C)c1csc(COc2cccc(CO)c2)n1. The van der Waals surface area contributed by atoms with E-state index in [1.807, 2.05) is 24.3 Å². The minimum atomic E-state index is 0.0304. The molecule has 1 aromatic heterocycles. The molecule has 1 N–H and O–H groups in total. The Hall–Kier alpha value is -1.39. The van der Waals surface area contributed by atoms with Crippen LogP contribution in [0.25, 0.3) is 0 Å². The highest BCUT2D eigenvalue weighted by molar-refractivity contribution is 7.09. The highest BCUT2D eigenvalue weighted by atomic mass is 32.1. The molecule has 0 amide bonds. The Kier molecular flexibility index (Phi) is 4.22. The second-order valence-corrected chi connectivity index (χ2v) is 6.41. The van der Waals surface area contributed by atoms with Crippen LogP contribution < -0.4 is 4.74 Å². The van der Waals surface area contributed by atoms with Crippen molar-refractivity contribution < 1.29 is 9.84 Å². The summed E-state index contributed by atoms with van der Waals surface area (Å²) in [5.41, 5.74) is 2.03. The smallest absolute Gasteiger partial charge is 0.140 e. The van der Waals surface area contributed by atoms with E-state index in [0.29, 0.717) is 6.61 Å². The Labute approximate surface area is 117 Å². The number of nitrogens with zero attached hydrogens (tertiary/aromatic N) is 1. The summed E-state index contributed by atoms with van der Waals surface area (Å²) in [6.07, 6.45) is 0. The van der Waals surface area contributed by atoms with E-state index >= 15 is 0 Å². The zero-order valence-corrected chi connectivity index (χ0v) is 12.3. The van der Waals surface area contributed by atoms with Gasteiger partial charge in [0.1, 0.15) is 17.4 Å². The highest BCUT2D eigenvalue weighted by Gasteiger charge is 2.17. The molecule has 0 spiro atoms. The predicted molar refractivity (Wildman–Crippen MR) is 77.5 cm³/mol. The Balaban J connectivity index is 2.00. The largest absolute Gasteiger partial charge is 0.486 e. The third kappa shape index (κ3) is 3.78. The Morgan fingerprint density at radius 3 is 2.74 bits per heavy atom. The number of aromatic nitrogens is 1. The fraction of sp³-hybridized carbons (Fsp3) is 0.400. The van der Waals surface area contributed by atoms with Crippen LogP contribution >= 0.6 is 11.3 Å². The number of rotatable bonds is 4. The maximum atomic E-state index is 9.07. The molecule has 4 heteroatoms. The molecule has 1 aromatic carbocycles. The van der Waals surface area contributed by atoms with Crippen molar-refractivity contribution in [2.45, 2.75) is 39.4 Å². The summed E-state index contributed by atoms with van der Waals surface area (Å²) in [4.78, 5) is 4.58. The van der Waals surface area contributed by atoms with Crippen molar-refractivity contribution in [2.75, 3.05) is 0 Å². The first-order valence-corrected chi connectivity index (χ1v) is 7.14. The van der Waals surface area contributed by atoms with Crippen LogP contribution in [-0.4, -0.2) is 10.1 Å². The van der Waals surface area contributed by atoms with Crippen LogP contribution in [0.3, 0.4) is 0 Å². The third-order valence-electron chi connectivity index (χ3n) is 2.76. The molecule has 0 saturated heterocycles. The number of ether oxygens (including phenoxy) is 1. The molecular weight excluding hydrogens is 258 g/mol. The van der Waals surface area contributed by atoms with Gasteiger partial charge in [-0.25, -0.2) is 4.98 Å². The number of hydrogen-bond donors (Lipinski definition) is 1. The summed E-state index contributed by atoms with van der Waals surface area (Å²) in [6, 6.07) is 7.48. The van der Waals surface area contributed by atoms with E-state index in [0.717, 1.165) is 22.0 Å². The van der Waals surface area contributed by atoms with Crippen LogP contribution in [0.1, 0.15) is 37.0 Å². The summed E-state index contributed by atoms with van der Waals surface area (Å²) >= 11 is 1.62. The number of benzene rings is 1. The lowest BCUT2D eigenvalue weighted by Gasteiger charge is -2.14. The normalized spacial score (nSPS) is 11.6. The summed E-state index contributed by atoms with van der Waals surface area (Å²) in [6.45, 7) is 6.95. The number of aliphatic hydroxyl groups is 1. The molecule has 0 aliphatic rings. The minimum absolute atomic E-state index is 0.0304. The maximum Gasteiger partial charge on any atom is 0.140 e. The van der Waals surface area contributed by atoms with Gasteiger partial charge in [-0.05, 0) is 17.7 Å². The Morgan fingerprint density at radius 2 is 2.11 bits per heavy atom. The van der Waals surface area contributed by atoms with E-state index < -0.39 is 0 Å². The van der Waals surface area contributed by atoms with Gasteiger partial charge in [0, 0.05) is 10.8 Å². The summed E-state index contributed by atoms with van der Waals surface area (Å²) in [5, 5.41) is 12.1. The van der Waals surface area contributed by atoms with Crippen LogP contribution in [0.4, 0.5) is 0 Å². The molecule has 0 aliphatic heterocycles. The van der Waals surface area contributed by atoms with E-state index in [2.05, 4.69) is 31.1 Å². The van der Waals surface area contributed by atoms with Crippen molar-refractivity contribution in [3.8, 4) is 5.75 Å². The average Bonchev–Trinajstić information content (AvgIpc) is 2.85. The van der Waals surface area contributed by atoms with Crippen molar-refractivity contribution in [1.82, 2.24) is 4.98 Å². The molecule has 0 fully saturated rings. The Bertz CT molecular complexity index is 543. The number of hydrogen-bond acceptors (Lipinski definition) is 4. The van der Waals surface area contributed by atoms with Gasteiger partial charge in [0.15, 0.2) is 0 Å². The van der Waals surface area contributed by atoms with Crippen LogP contribution in [0, 0.1) is 0 Å². The molecule has 3 nitrogen and oxygen atoms in total.